The zero-order valence-electron chi connectivity index (χ0n) is 9.23. The molecule has 0 bridgehead atoms. The molecular formula is C10H16N2O2S. The lowest BCUT2D eigenvalue weighted by molar-refractivity contribution is -0.136. The highest BCUT2D eigenvalue weighted by Gasteiger charge is 2.12. The molecule has 1 aromatic heterocycles. The van der Waals surface area contributed by atoms with Gasteiger partial charge in [0.25, 0.3) is 0 Å². The summed E-state index contributed by atoms with van der Waals surface area (Å²) in [5.74, 6) is -0.0744. The lowest BCUT2D eigenvalue weighted by atomic mass is 10.3. The Bertz CT molecular complexity index is 349. The Morgan fingerprint density at radius 2 is 2.40 bits per heavy atom. The van der Waals surface area contributed by atoms with Gasteiger partial charge in [-0.05, 0) is 19.4 Å². The van der Waals surface area contributed by atoms with E-state index in [1.54, 1.807) is 6.92 Å². The molecule has 1 heterocycles. The number of carboxylic acid groups (broad SMARTS) is 1. The van der Waals surface area contributed by atoms with E-state index >= 15 is 0 Å². The number of hydrogen-bond acceptors (Lipinski definition) is 3. The molecule has 15 heavy (non-hydrogen) atoms. The van der Waals surface area contributed by atoms with E-state index < -0.39 is 5.97 Å². The fraction of sp³-hybridized carbons (Fsp3) is 0.600. The number of carboxylic acids is 1. The van der Waals surface area contributed by atoms with Gasteiger partial charge < -0.3 is 5.11 Å². The molecule has 0 radical (unpaired) electrons. The van der Waals surface area contributed by atoms with Crippen LogP contribution in [0.1, 0.15) is 25.2 Å². The first kappa shape index (κ1) is 12.1. The van der Waals surface area contributed by atoms with Gasteiger partial charge in [0.1, 0.15) is 0 Å². The van der Waals surface area contributed by atoms with Crippen LogP contribution in [-0.2, 0) is 24.0 Å². The first-order valence-corrected chi connectivity index (χ1v) is 5.95. The largest absolute Gasteiger partial charge is 0.480 e. The summed E-state index contributed by atoms with van der Waals surface area (Å²) in [5.41, 5.74) is 2.13. The zero-order valence-corrected chi connectivity index (χ0v) is 10.0. The summed E-state index contributed by atoms with van der Waals surface area (Å²) in [4.78, 5) is 10.6. The maximum absolute atomic E-state index is 10.6. The molecule has 0 aliphatic rings. The molecule has 1 aromatic rings. The maximum atomic E-state index is 10.6. The van der Waals surface area contributed by atoms with E-state index in [-0.39, 0.29) is 5.25 Å². The number of aliphatic carboxylic acids is 1. The number of hydrogen-bond donors (Lipinski definition) is 1. The molecule has 0 aliphatic carbocycles. The van der Waals surface area contributed by atoms with Crippen molar-refractivity contribution in [3.05, 3.63) is 17.5 Å². The first-order valence-electron chi connectivity index (χ1n) is 4.90. The molecule has 1 rings (SSSR count). The summed E-state index contributed by atoms with van der Waals surface area (Å²) in [6.45, 7) is 3.75. The van der Waals surface area contributed by atoms with Gasteiger partial charge in [-0.2, -0.15) is 5.10 Å². The van der Waals surface area contributed by atoms with Gasteiger partial charge in [0, 0.05) is 18.5 Å². The van der Waals surface area contributed by atoms with Crippen LogP contribution in [0.4, 0.5) is 0 Å². The van der Waals surface area contributed by atoms with Crippen molar-refractivity contribution in [3.8, 4) is 0 Å². The smallest absolute Gasteiger partial charge is 0.316 e. The Labute approximate surface area is 93.7 Å². The standard InChI is InChI=1S/C10H16N2O2S/c1-4-8-5-9(12(3)11-8)6-15-7(2)10(13)14/h5,7H,4,6H2,1-3H3,(H,13,14). The molecular weight excluding hydrogens is 212 g/mol. The molecule has 0 aliphatic heterocycles. The highest BCUT2D eigenvalue weighted by atomic mass is 32.2. The third kappa shape index (κ3) is 3.27. The maximum Gasteiger partial charge on any atom is 0.316 e. The Balaban J connectivity index is 2.57. The molecule has 0 fully saturated rings. The van der Waals surface area contributed by atoms with Crippen molar-refractivity contribution in [2.45, 2.75) is 31.3 Å². The Kier molecular flexibility index (Phi) is 4.20. The van der Waals surface area contributed by atoms with Crippen LogP contribution >= 0.6 is 11.8 Å². The Morgan fingerprint density at radius 3 is 2.87 bits per heavy atom. The molecule has 0 spiro atoms. The lowest BCUT2D eigenvalue weighted by Crippen LogP contribution is -2.12. The van der Waals surface area contributed by atoms with Crippen LogP contribution in [-0.4, -0.2) is 26.1 Å². The van der Waals surface area contributed by atoms with Crippen molar-refractivity contribution in [2.75, 3.05) is 0 Å². The van der Waals surface area contributed by atoms with Crippen molar-refractivity contribution in [2.24, 2.45) is 7.05 Å². The van der Waals surface area contributed by atoms with Crippen molar-refractivity contribution in [1.82, 2.24) is 9.78 Å². The normalized spacial score (nSPS) is 12.7. The summed E-state index contributed by atoms with van der Waals surface area (Å²) < 4.78 is 1.82. The Hall–Kier alpha value is -0.970. The van der Waals surface area contributed by atoms with Crippen molar-refractivity contribution >= 4 is 17.7 Å². The number of nitrogens with zero attached hydrogens (tertiary/aromatic N) is 2. The van der Waals surface area contributed by atoms with Gasteiger partial charge in [0.15, 0.2) is 0 Å². The monoisotopic (exact) mass is 228 g/mol. The van der Waals surface area contributed by atoms with E-state index in [0.29, 0.717) is 5.75 Å². The minimum absolute atomic E-state index is 0.370. The van der Waals surface area contributed by atoms with E-state index in [2.05, 4.69) is 12.0 Å². The zero-order chi connectivity index (χ0) is 11.4. The summed E-state index contributed by atoms with van der Waals surface area (Å²) >= 11 is 1.42. The number of thioether (sulfide) groups is 1. The van der Waals surface area contributed by atoms with E-state index in [1.165, 1.54) is 11.8 Å². The summed E-state index contributed by atoms with van der Waals surface area (Å²) in [6.07, 6.45) is 0.910. The predicted molar refractivity (Wildman–Crippen MR) is 61.0 cm³/mol. The van der Waals surface area contributed by atoms with Gasteiger partial charge in [-0.15, -0.1) is 11.8 Å². The van der Waals surface area contributed by atoms with Crippen LogP contribution < -0.4 is 0 Å². The fourth-order valence-corrected chi connectivity index (χ4v) is 1.99. The average Bonchev–Trinajstić information content (AvgIpc) is 2.55. The minimum Gasteiger partial charge on any atom is -0.480 e. The van der Waals surface area contributed by atoms with Gasteiger partial charge in [0.05, 0.1) is 10.9 Å². The second kappa shape index (κ2) is 5.21. The molecule has 0 saturated carbocycles. The lowest BCUT2D eigenvalue weighted by Gasteiger charge is -2.05. The van der Waals surface area contributed by atoms with E-state index in [9.17, 15) is 4.79 Å². The van der Waals surface area contributed by atoms with Crippen LogP contribution in [0.25, 0.3) is 0 Å². The molecule has 1 N–H and O–H groups in total. The highest BCUT2D eigenvalue weighted by molar-refractivity contribution is 7.99. The van der Waals surface area contributed by atoms with Crippen molar-refractivity contribution in [1.29, 1.82) is 0 Å². The second-order valence-electron chi connectivity index (χ2n) is 3.40. The molecule has 5 heteroatoms. The molecule has 1 atom stereocenters. The molecule has 0 aromatic carbocycles. The summed E-state index contributed by atoms with van der Waals surface area (Å²) in [6, 6.07) is 2.03. The van der Waals surface area contributed by atoms with Gasteiger partial charge >= 0.3 is 5.97 Å². The summed E-state index contributed by atoms with van der Waals surface area (Å²) in [5, 5.41) is 12.7. The van der Waals surface area contributed by atoms with Crippen LogP contribution in [0.2, 0.25) is 0 Å². The van der Waals surface area contributed by atoms with Gasteiger partial charge in [0.2, 0.25) is 0 Å². The van der Waals surface area contributed by atoms with Gasteiger partial charge in [-0.1, -0.05) is 6.92 Å². The molecule has 1 unspecified atom stereocenters. The third-order valence-corrected chi connectivity index (χ3v) is 3.38. The van der Waals surface area contributed by atoms with Crippen LogP contribution in [0, 0.1) is 0 Å². The SMILES string of the molecule is CCc1cc(CSC(C)C(=O)O)n(C)n1. The van der Waals surface area contributed by atoms with Gasteiger partial charge in [-0.3, -0.25) is 9.48 Å². The number of aromatic nitrogens is 2. The van der Waals surface area contributed by atoms with E-state index in [4.69, 9.17) is 5.11 Å². The highest BCUT2D eigenvalue weighted by Crippen LogP contribution is 2.18. The number of rotatable bonds is 5. The topological polar surface area (TPSA) is 55.1 Å². The predicted octanol–water partition coefficient (Wildman–Crippen LogP) is 1.69. The van der Waals surface area contributed by atoms with E-state index in [1.807, 2.05) is 17.8 Å². The third-order valence-electron chi connectivity index (χ3n) is 2.22. The molecule has 84 valence electrons. The molecule has 4 nitrogen and oxygen atoms in total. The van der Waals surface area contributed by atoms with Gasteiger partial charge in [-0.25, -0.2) is 0 Å². The van der Waals surface area contributed by atoms with Crippen LogP contribution in [0.5, 0.6) is 0 Å². The number of aryl methyl sites for hydroxylation is 2. The van der Waals surface area contributed by atoms with Crippen molar-refractivity contribution < 1.29 is 9.90 Å². The average molecular weight is 228 g/mol. The summed E-state index contributed by atoms with van der Waals surface area (Å²) in [7, 11) is 1.89. The minimum atomic E-state index is -0.766. The molecule has 0 amide bonds. The fourth-order valence-electron chi connectivity index (χ4n) is 1.16. The molecule has 0 saturated heterocycles. The van der Waals surface area contributed by atoms with Crippen LogP contribution in [0.15, 0.2) is 6.07 Å². The number of carbonyl (C=O) groups is 1. The van der Waals surface area contributed by atoms with Crippen LogP contribution in [0.3, 0.4) is 0 Å². The Morgan fingerprint density at radius 1 is 1.73 bits per heavy atom. The van der Waals surface area contributed by atoms with E-state index in [0.717, 1.165) is 17.8 Å². The first-order chi connectivity index (χ1) is 7.04. The quantitative estimate of drug-likeness (QED) is 0.833. The van der Waals surface area contributed by atoms with Crippen molar-refractivity contribution in [3.63, 3.8) is 0 Å². The second-order valence-corrected chi connectivity index (χ2v) is 4.72.